The Morgan fingerprint density at radius 1 is 1.43 bits per heavy atom. The van der Waals surface area contributed by atoms with Crippen molar-refractivity contribution in [3.63, 3.8) is 0 Å². The summed E-state index contributed by atoms with van der Waals surface area (Å²) >= 11 is 0. The van der Waals surface area contributed by atoms with Gasteiger partial charge in [0.25, 0.3) is 0 Å². The van der Waals surface area contributed by atoms with Gasteiger partial charge in [0.05, 0.1) is 0 Å². The number of unbranched alkanes of at least 4 members (excludes halogenated alkanes) is 2. The quantitative estimate of drug-likeness (QED) is 0.407. The van der Waals surface area contributed by atoms with Crippen molar-refractivity contribution in [3.05, 3.63) is 6.92 Å². The average molecular weight is 117 g/mol. The van der Waals surface area contributed by atoms with Gasteiger partial charge in [-0.05, 0) is 6.42 Å². The van der Waals surface area contributed by atoms with Crippen molar-refractivity contribution in [1.82, 2.24) is 0 Å². The highest BCUT2D eigenvalue weighted by Gasteiger charge is 1.81. The van der Waals surface area contributed by atoms with Crippen LogP contribution in [0.15, 0.2) is 0 Å². The van der Waals surface area contributed by atoms with Gasteiger partial charge in [-0.25, -0.2) is 0 Å². The van der Waals surface area contributed by atoms with Crippen molar-refractivity contribution < 1.29 is 4.57 Å². The van der Waals surface area contributed by atoms with Crippen LogP contribution in [0.3, 0.4) is 0 Å². The lowest BCUT2D eigenvalue weighted by Gasteiger charge is -1.84. The van der Waals surface area contributed by atoms with Gasteiger partial charge in [-0.1, -0.05) is 19.8 Å². The molecule has 2 heteroatoms. The van der Waals surface area contributed by atoms with Crippen molar-refractivity contribution in [2.75, 3.05) is 6.16 Å². The first-order valence-electron chi connectivity index (χ1n) is 2.50. The zero-order valence-corrected chi connectivity index (χ0v) is 5.29. The lowest BCUT2D eigenvalue weighted by atomic mass is 10.3. The van der Waals surface area contributed by atoms with Gasteiger partial charge in [0.15, 0.2) is 8.46 Å². The summed E-state index contributed by atoms with van der Waals surface area (Å²) in [5.41, 5.74) is 0. The Hall–Kier alpha value is 0.100. The van der Waals surface area contributed by atoms with Gasteiger partial charge in [-0.15, -0.1) is 0 Å². The Morgan fingerprint density at radius 2 is 2.14 bits per heavy atom. The molecule has 0 aliphatic rings. The van der Waals surface area contributed by atoms with Gasteiger partial charge in [-0.3, -0.25) is 4.57 Å². The Morgan fingerprint density at radius 3 is 2.57 bits per heavy atom. The molecule has 0 aromatic carbocycles. The van der Waals surface area contributed by atoms with Crippen molar-refractivity contribution in [1.29, 1.82) is 0 Å². The Balaban J connectivity index is 2.56. The van der Waals surface area contributed by atoms with Gasteiger partial charge in [-0.2, -0.15) is 0 Å². The molecular weight excluding hydrogens is 107 g/mol. The monoisotopic (exact) mass is 117 g/mol. The van der Waals surface area contributed by atoms with Crippen molar-refractivity contribution in [2.45, 2.75) is 19.3 Å². The fourth-order valence-corrected chi connectivity index (χ4v) is 0.706. The summed E-state index contributed by atoms with van der Waals surface area (Å²) in [6.07, 6.45) is 3.93. The van der Waals surface area contributed by atoms with Crippen LogP contribution in [0, 0.1) is 6.92 Å². The van der Waals surface area contributed by atoms with Crippen LogP contribution >= 0.6 is 8.46 Å². The summed E-state index contributed by atoms with van der Waals surface area (Å²) in [5, 5.41) is 0. The van der Waals surface area contributed by atoms with Gasteiger partial charge in [0.1, 0.15) is 0 Å². The maximum Gasteiger partial charge on any atom is 0.155 e. The molecule has 0 spiro atoms. The van der Waals surface area contributed by atoms with E-state index in [-0.39, 0.29) is 8.46 Å². The minimum atomic E-state index is 0.277. The zero-order valence-electron chi connectivity index (χ0n) is 4.39. The number of rotatable bonds is 4. The molecule has 0 unspecified atom stereocenters. The molecule has 0 heterocycles. The molecule has 0 aliphatic heterocycles. The molecule has 0 bridgehead atoms. The summed E-state index contributed by atoms with van der Waals surface area (Å²) in [6.45, 7) is 3.65. The van der Waals surface area contributed by atoms with E-state index < -0.39 is 0 Å². The minimum absolute atomic E-state index is 0.277. The van der Waals surface area contributed by atoms with Crippen LogP contribution in [0.1, 0.15) is 19.3 Å². The predicted molar refractivity (Wildman–Crippen MR) is 31.7 cm³/mol. The lowest BCUT2D eigenvalue weighted by Crippen LogP contribution is -1.71. The summed E-state index contributed by atoms with van der Waals surface area (Å²) in [4.78, 5) is 0. The molecule has 1 radical (unpaired) electrons. The van der Waals surface area contributed by atoms with Crippen LogP contribution in [0.2, 0.25) is 0 Å². The van der Waals surface area contributed by atoms with Crippen LogP contribution in [-0.2, 0) is 4.57 Å². The molecule has 0 aliphatic carbocycles. The molecule has 0 saturated heterocycles. The van der Waals surface area contributed by atoms with Crippen molar-refractivity contribution in [2.24, 2.45) is 0 Å². The summed E-state index contributed by atoms with van der Waals surface area (Å²) in [6, 6.07) is 0. The smallest absolute Gasteiger partial charge is 0.155 e. The maximum atomic E-state index is 9.76. The molecule has 41 valence electrons. The molecule has 0 amide bonds. The standard InChI is InChI=1S/C5H10OP/c1-2-3-4-5-7-6/h1-5H2. The fourth-order valence-electron chi connectivity index (χ4n) is 0.353. The number of hydrogen-bond donors (Lipinski definition) is 0. The van der Waals surface area contributed by atoms with E-state index >= 15 is 0 Å². The molecule has 1 nitrogen and oxygen atoms in total. The van der Waals surface area contributed by atoms with Gasteiger partial charge in [0.2, 0.25) is 0 Å². The van der Waals surface area contributed by atoms with Crippen LogP contribution in [0.5, 0.6) is 0 Å². The zero-order chi connectivity index (χ0) is 5.54. The third-order valence-electron chi connectivity index (χ3n) is 0.749. The molecule has 0 fully saturated rings. The third kappa shape index (κ3) is 6.10. The van der Waals surface area contributed by atoms with Crippen LogP contribution < -0.4 is 0 Å². The van der Waals surface area contributed by atoms with E-state index in [1.165, 1.54) is 0 Å². The molecule has 7 heavy (non-hydrogen) atoms. The van der Waals surface area contributed by atoms with Gasteiger partial charge >= 0.3 is 0 Å². The first kappa shape index (κ1) is 7.10. The highest BCUT2D eigenvalue weighted by Crippen LogP contribution is 1.99. The summed E-state index contributed by atoms with van der Waals surface area (Å²) in [7, 11) is 0.277. The highest BCUT2D eigenvalue weighted by molar-refractivity contribution is 7.23. The van der Waals surface area contributed by atoms with Gasteiger partial charge < -0.3 is 0 Å². The van der Waals surface area contributed by atoms with Crippen LogP contribution in [0.25, 0.3) is 0 Å². The summed E-state index contributed by atoms with van der Waals surface area (Å²) in [5.74, 6) is 0. The second kappa shape index (κ2) is 6.10. The summed E-state index contributed by atoms with van der Waals surface area (Å²) < 4.78 is 9.76. The molecule has 0 atom stereocenters. The SMILES string of the molecule is [CH2]CCCCP=O. The Labute approximate surface area is 46.3 Å². The topological polar surface area (TPSA) is 17.1 Å². The maximum absolute atomic E-state index is 9.76. The highest BCUT2D eigenvalue weighted by atomic mass is 31.1. The average Bonchev–Trinajstić information content (AvgIpc) is 1.69. The Bertz CT molecular complexity index is 45.3. The Kier molecular flexibility index (Phi) is 6.19. The van der Waals surface area contributed by atoms with Crippen LogP contribution in [-0.4, -0.2) is 6.16 Å². The largest absolute Gasteiger partial charge is 0.275 e. The third-order valence-corrected chi connectivity index (χ3v) is 1.25. The molecule has 0 N–H and O–H groups in total. The van der Waals surface area contributed by atoms with E-state index in [0.717, 1.165) is 25.4 Å². The normalized spacial score (nSPS) is 9.86. The second-order valence-corrected chi connectivity index (χ2v) is 2.12. The van der Waals surface area contributed by atoms with Gasteiger partial charge in [0, 0.05) is 6.16 Å². The molecule has 0 aromatic heterocycles. The molecule has 0 saturated carbocycles. The lowest BCUT2D eigenvalue weighted by molar-refractivity contribution is 0.596. The second-order valence-electron chi connectivity index (χ2n) is 1.41. The number of hydrogen-bond acceptors (Lipinski definition) is 1. The van der Waals surface area contributed by atoms with E-state index in [9.17, 15) is 4.57 Å². The van der Waals surface area contributed by atoms with E-state index in [0.29, 0.717) is 0 Å². The predicted octanol–water partition coefficient (Wildman–Crippen LogP) is 2.28. The molecular formula is C5H10OP. The van der Waals surface area contributed by atoms with Crippen molar-refractivity contribution >= 4 is 8.46 Å². The van der Waals surface area contributed by atoms with E-state index in [1.54, 1.807) is 0 Å². The van der Waals surface area contributed by atoms with Crippen LogP contribution in [0.4, 0.5) is 0 Å². The minimum Gasteiger partial charge on any atom is -0.275 e. The van der Waals surface area contributed by atoms with E-state index in [1.807, 2.05) is 0 Å². The first-order valence-corrected chi connectivity index (χ1v) is 3.50. The van der Waals surface area contributed by atoms with Crippen molar-refractivity contribution in [3.8, 4) is 0 Å². The fraction of sp³-hybridized carbons (Fsp3) is 0.800. The molecule has 0 rings (SSSR count). The first-order chi connectivity index (χ1) is 3.41. The van der Waals surface area contributed by atoms with E-state index in [2.05, 4.69) is 6.92 Å². The molecule has 0 aromatic rings. The van der Waals surface area contributed by atoms with E-state index in [4.69, 9.17) is 0 Å².